The van der Waals surface area contributed by atoms with Crippen molar-refractivity contribution in [2.24, 2.45) is 0 Å². The first kappa shape index (κ1) is 16.7. The van der Waals surface area contributed by atoms with Crippen LogP contribution in [-0.4, -0.2) is 42.9 Å². The number of aryl methyl sites for hydroxylation is 2. The molecule has 2 aromatic rings. The molecule has 4 nitrogen and oxygen atoms in total. The molecule has 1 aromatic heterocycles. The van der Waals surface area contributed by atoms with Crippen molar-refractivity contribution in [3.05, 3.63) is 40.0 Å². The van der Waals surface area contributed by atoms with Crippen LogP contribution in [0.3, 0.4) is 0 Å². The number of pyridine rings is 1. The van der Waals surface area contributed by atoms with Gasteiger partial charge in [0.2, 0.25) is 0 Å². The Kier molecular flexibility index (Phi) is 4.38. The zero-order chi connectivity index (χ0) is 16.8. The van der Waals surface area contributed by atoms with Gasteiger partial charge in [0.05, 0.1) is 17.0 Å². The molecule has 6 heteroatoms. The molecule has 2 heterocycles. The Bertz CT molecular complexity index is 865. The van der Waals surface area contributed by atoms with E-state index in [4.69, 9.17) is 11.6 Å². The van der Waals surface area contributed by atoms with Gasteiger partial charge in [0.25, 0.3) is 0 Å². The van der Waals surface area contributed by atoms with Gasteiger partial charge in [0, 0.05) is 23.5 Å². The lowest BCUT2D eigenvalue weighted by Gasteiger charge is -2.23. The van der Waals surface area contributed by atoms with Gasteiger partial charge in [-0.15, -0.1) is 0 Å². The molecule has 23 heavy (non-hydrogen) atoms. The number of hydrogen-bond acceptors (Lipinski definition) is 4. The highest BCUT2D eigenvalue weighted by molar-refractivity contribution is 7.91. The van der Waals surface area contributed by atoms with Gasteiger partial charge in [0.1, 0.15) is 5.15 Å². The van der Waals surface area contributed by atoms with Crippen molar-refractivity contribution in [2.75, 3.05) is 18.6 Å². The van der Waals surface area contributed by atoms with Gasteiger partial charge in [-0.3, -0.25) is 4.90 Å². The van der Waals surface area contributed by atoms with Gasteiger partial charge in [-0.1, -0.05) is 23.7 Å². The summed E-state index contributed by atoms with van der Waals surface area (Å²) in [7, 11) is -0.927. The minimum Gasteiger partial charge on any atom is -0.298 e. The van der Waals surface area contributed by atoms with E-state index in [0.29, 0.717) is 18.1 Å². The summed E-state index contributed by atoms with van der Waals surface area (Å²) >= 11 is 6.38. The third-order valence-electron chi connectivity index (χ3n) is 4.79. The van der Waals surface area contributed by atoms with Gasteiger partial charge in [-0.25, -0.2) is 13.4 Å². The number of rotatable bonds is 3. The molecule has 0 amide bonds. The molecule has 0 aliphatic carbocycles. The predicted molar refractivity (Wildman–Crippen MR) is 94.8 cm³/mol. The fourth-order valence-corrected chi connectivity index (χ4v) is 5.14. The number of sulfone groups is 1. The molecule has 3 rings (SSSR count). The standard InChI is InChI=1S/C17H21ClN2O2S/c1-11-4-5-13-8-14(17(18)19-16(13)12(11)2)9-20(3)15-6-7-23(21,22)10-15/h4-5,8,15H,6-7,9-10H2,1-3H3/t15-/m0/s1. The summed E-state index contributed by atoms with van der Waals surface area (Å²) in [5.41, 5.74) is 4.22. The summed E-state index contributed by atoms with van der Waals surface area (Å²) in [6.07, 6.45) is 0.690. The monoisotopic (exact) mass is 352 g/mol. The molecular weight excluding hydrogens is 332 g/mol. The summed E-state index contributed by atoms with van der Waals surface area (Å²) in [5, 5.41) is 1.57. The van der Waals surface area contributed by atoms with Crippen LogP contribution in [0.2, 0.25) is 5.15 Å². The molecule has 0 saturated carbocycles. The maximum Gasteiger partial charge on any atom is 0.151 e. The number of nitrogens with zero attached hydrogens (tertiary/aromatic N) is 2. The van der Waals surface area contributed by atoms with Crippen LogP contribution in [0.5, 0.6) is 0 Å². The lowest BCUT2D eigenvalue weighted by molar-refractivity contribution is 0.254. The third kappa shape index (κ3) is 3.37. The molecule has 1 fully saturated rings. The van der Waals surface area contributed by atoms with Gasteiger partial charge in [-0.2, -0.15) is 0 Å². The molecule has 1 saturated heterocycles. The van der Waals surface area contributed by atoms with Crippen LogP contribution >= 0.6 is 11.6 Å². The van der Waals surface area contributed by atoms with Gasteiger partial charge >= 0.3 is 0 Å². The number of hydrogen-bond donors (Lipinski definition) is 0. The molecule has 0 radical (unpaired) electrons. The largest absolute Gasteiger partial charge is 0.298 e. The Hall–Kier alpha value is -1.17. The summed E-state index contributed by atoms with van der Waals surface area (Å²) in [5.74, 6) is 0.518. The molecule has 124 valence electrons. The third-order valence-corrected chi connectivity index (χ3v) is 6.87. The van der Waals surface area contributed by atoms with Gasteiger partial charge in [-0.05, 0) is 44.5 Å². The van der Waals surface area contributed by atoms with Crippen molar-refractivity contribution in [1.82, 2.24) is 9.88 Å². The summed E-state index contributed by atoms with van der Waals surface area (Å²) in [4.78, 5) is 6.63. The Morgan fingerprint density at radius 3 is 2.74 bits per heavy atom. The molecule has 0 bridgehead atoms. The summed E-state index contributed by atoms with van der Waals surface area (Å²) < 4.78 is 23.3. The van der Waals surface area contributed by atoms with Crippen molar-refractivity contribution in [1.29, 1.82) is 0 Å². The fraction of sp³-hybridized carbons (Fsp3) is 0.471. The number of fused-ring (bicyclic) bond motifs is 1. The molecular formula is C17H21ClN2O2S. The normalized spacial score (nSPS) is 20.5. The summed E-state index contributed by atoms with van der Waals surface area (Å²) in [6, 6.07) is 6.28. The van der Waals surface area contributed by atoms with Crippen LogP contribution in [0.25, 0.3) is 10.9 Å². The molecule has 1 aromatic carbocycles. The smallest absolute Gasteiger partial charge is 0.151 e. The maximum absolute atomic E-state index is 11.6. The average Bonchev–Trinajstić information content (AvgIpc) is 2.85. The predicted octanol–water partition coefficient (Wildman–Crippen LogP) is 3.12. The quantitative estimate of drug-likeness (QED) is 0.796. The topological polar surface area (TPSA) is 50.3 Å². The van der Waals surface area contributed by atoms with E-state index in [9.17, 15) is 8.42 Å². The van der Waals surface area contributed by atoms with Crippen LogP contribution in [-0.2, 0) is 16.4 Å². The van der Waals surface area contributed by atoms with E-state index in [1.165, 1.54) is 5.56 Å². The maximum atomic E-state index is 11.6. The van der Waals surface area contributed by atoms with E-state index in [-0.39, 0.29) is 17.5 Å². The van der Waals surface area contributed by atoms with Crippen molar-refractivity contribution >= 4 is 32.3 Å². The highest BCUT2D eigenvalue weighted by atomic mass is 35.5. The molecule has 1 aliphatic rings. The molecule has 0 spiro atoms. The summed E-state index contributed by atoms with van der Waals surface area (Å²) in [6.45, 7) is 4.72. The zero-order valence-corrected chi connectivity index (χ0v) is 15.2. The van der Waals surface area contributed by atoms with Crippen molar-refractivity contribution in [3.8, 4) is 0 Å². The van der Waals surface area contributed by atoms with E-state index >= 15 is 0 Å². The molecule has 1 atom stereocenters. The first-order valence-corrected chi connectivity index (χ1v) is 9.93. The van der Waals surface area contributed by atoms with Crippen molar-refractivity contribution in [3.63, 3.8) is 0 Å². The van der Waals surface area contributed by atoms with Crippen LogP contribution in [0.1, 0.15) is 23.1 Å². The first-order valence-electron chi connectivity index (χ1n) is 7.73. The lowest BCUT2D eigenvalue weighted by Crippen LogP contribution is -2.32. The van der Waals surface area contributed by atoms with E-state index in [1.807, 2.05) is 7.05 Å². The fourth-order valence-electron chi connectivity index (χ4n) is 3.14. The van der Waals surface area contributed by atoms with Crippen LogP contribution < -0.4 is 0 Å². The Morgan fingerprint density at radius 1 is 1.35 bits per heavy atom. The minimum atomic E-state index is -2.88. The van der Waals surface area contributed by atoms with Crippen molar-refractivity contribution in [2.45, 2.75) is 32.9 Å². The van der Waals surface area contributed by atoms with Crippen molar-refractivity contribution < 1.29 is 8.42 Å². The first-order chi connectivity index (χ1) is 10.8. The second-order valence-corrected chi connectivity index (χ2v) is 9.08. The van der Waals surface area contributed by atoms with Gasteiger partial charge in [0.15, 0.2) is 9.84 Å². The average molecular weight is 353 g/mol. The zero-order valence-electron chi connectivity index (χ0n) is 13.6. The van der Waals surface area contributed by atoms with E-state index in [0.717, 1.165) is 22.0 Å². The van der Waals surface area contributed by atoms with Gasteiger partial charge < -0.3 is 0 Å². The number of halogens is 1. The highest BCUT2D eigenvalue weighted by Gasteiger charge is 2.30. The number of benzene rings is 1. The van der Waals surface area contributed by atoms with E-state index in [2.05, 4.69) is 41.9 Å². The Balaban J connectivity index is 1.88. The lowest BCUT2D eigenvalue weighted by atomic mass is 10.0. The van der Waals surface area contributed by atoms with E-state index < -0.39 is 9.84 Å². The Morgan fingerprint density at radius 2 is 2.09 bits per heavy atom. The second-order valence-electron chi connectivity index (χ2n) is 6.49. The molecule has 1 aliphatic heterocycles. The number of aromatic nitrogens is 1. The van der Waals surface area contributed by atoms with Crippen LogP contribution in [0.4, 0.5) is 0 Å². The molecule has 0 unspecified atom stereocenters. The highest BCUT2D eigenvalue weighted by Crippen LogP contribution is 2.27. The Labute approximate surface area is 142 Å². The molecule has 0 N–H and O–H groups in total. The van der Waals surface area contributed by atoms with E-state index in [1.54, 1.807) is 0 Å². The SMILES string of the molecule is Cc1ccc2cc(CN(C)[C@H]3CCS(=O)(=O)C3)c(Cl)nc2c1C. The second kappa shape index (κ2) is 6.04. The van der Waals surface area contributed by atoms with Crippen LogP contribution in [0.15, 0.2) is 18.2 Å². The minimum absolute atomic E-state index is 0.0616. The van der Waals surface area contributed by atoms with Crippen LogP contribution in [0, 0.1) is 13.8 Å².